The number of hydrogen-bond acceptors (Lipinski definition) is 3. The third-order valence-corrected chi connectivity index (χ3v) is 3.96. The van der Waals surface area contributed by atoms with Crippen LogP contribution in [0.3, 0.4) is 0 Å². The molecule has 2 rings (SSSR count). The van der Waals surface area contributed by atoms with Gasteiger partial charge in [0.2, 0.25) is 0 Å². The molecule has 0 radical (unpaired) electrons. The first-order valence-corrected chi connectivity index (χ1v) is 8.39. The quantitative estimate of drug-likeness (QED) is 0.424. The molecule has 0 atom stereocenters. The number of rotatable bonds is 4. The molecule has 136 valence electrons. The van der Waals surface area contributed by atoms with Crippen molar-refractivity contribution in [2.75, 3.05) is 33.2 Å². The molecule has 1 saturated heterocycles. The van der Waals surface area contributed by atoms with Crippen LogP contribution in [-0.4, -0.2) is 54.5 Å². The minimum Gasteiger partial charge on any atom is -0.370 e. The summed E-state index contributed by atoms with van der Waals surface area (Å²) in [6.45, 7) is 12.5. The van der Waals surface area contributed by atoms with Crippen LogP contribution < -0.4 is 11.1 Å². The van der Waals surface area contributed by atoms with Gasteiger partial charge in [-0.3, -0.25) is 4.90 Å². The molecule has 0 spiro atoms. The van der Waals surface area contributed by atoms with Gasteiger partial charge in [0.25, 0.3) is 0 Å². The second-order valence-electron chi connectivity index (χ2n) is 7.47. The third-order valence-electron chi connectivity index (χ3n) is 3.96. The van der Waals surface area contributed by atoms with E-state index in [0.29, 0.717) is 12.5 Å². The molecule has 6 heteroatoms. The van der Waals surface area contributed by atoms with Crippen molar-refractivity contribution in [3.05, 3.63) is 35.4 Å². The third kappa shape index (κ3) is 7.81. The lowest BCUT2D eigenvalue weighted by Gasteiger charge is -2.32. The lowest BCUT2D eigenvalue weighted by atomic mass is 10.1. The molecule has 24 heavy (non-hydrogen) atoms. The molecule has 1 fully saturated rings. The first-order valence-electron chi connectivity index (χ1n) is 8.39. The lowest BCUT2D eigenvalue weighted by molar-refractivity contribution is 0.148. The topological polar surface area (TPSA) is 56.9 Å². The summed E-state index contributed by atoms with van der Waals surface area (Å²) in [7, 11) is 2.19. The molecule has 0 unspecified atom stereocenters. The van der Waals surface area contributed by atoms with Crippen LogP contribution in [0.1, 0.15) is 31.9 Å². The summed E-state index contributed by atoms with van der Waals surface area (Å²) in [5.74, 6) is 0.499. The van der Waals surface area contributed by atoms with Crippen LogP contribution in [0.4, 0.5) is 0 Å². The Morgan fingerprint density at radius 1 is 1.08 bits per heavy atom. The average molecular weight is 445 g/mol. The lowest BCUT2D eigenvalue weighted by Crippen LogP contribution is -2.44. The van der Waals surface area contributed by atoms with Crippen molar-refractivity contribution in [1.29, 1.82) is 0 Å². The van der Waals surface area contributed by atoms with E-state index in [-0.39, 0.29) is 29.5 Å². The molecule has 0 bridgehead atoms. The Hall–Kier alpha value is -0.860. The second kappa shape index (κ2) is 9.58. The van der Waals surface area contributed by atoms with Crippen molar-refractivity contribution < 1.29 is 0 Å². The number of aliphatic imine (C=N–C) groups is 1. The number of benzene rings is 1. The van der Waals surface area contributed by atoms with Gasteiger partial charge in [-0.15, -0.1) is 24.0 Å². The zero-order valence-corrected chi connectivity index (χ0v) is 17.7. The standard InChI is InChI=1S/C18H31N5.HI/c1-18(2,3)21-17(19)20-13-15-5-7-16(8-6-15)14-23-11-9-22(4)10-12-23;/h5-8H,9-14H2,1-4H3,(H3,19,20,21);1H. The normalized spacial score (nSPS) is 17.4. The number of hydrogen-bond donors (Lipinski definition) is 2. The van der Waals surface area contributed by atoms with Gasteiger partial charge in [-0.2, -0.15) is 0 Å². The summed E-state index contributed by atoms with van der Waals surface area (Å²) in [5.41, 5.74) is 8.39. The fourth-order valence-corrected chi connectivity index (χ4v) is 2.61. The van der Waals surface area contributed by atoms with E-state index < -0.39 is 0 Å². The summed E-state index contributed by atoms with van der Waals surface area (Å²) in [6.07, 6.45) is 0. The SMILES string of the molecule is CN1CCN(Cc2ccc(CN=C(N)NC(C)(C)C)cc2)CC1.I. The molecule has 0 aromatic heterocycles. The summed E-state index contributed by atoms with van der Waals surface area (Å²) in [5, 5.41) is 3.18. The van der Waals surface area contributed by atoms with E-state index in [1.54, 1.807) is 0 Å². The Balaban J connectivity index is 0.00000288. The molecule has 0 saturated carbocycles. The fourth-order valence-electron chi connectivity index (χ4n) is 2.61. The maximum absolute atomic E-state index is 5.90. The predicted octanol–water partition coefficient (Wildman–Crippen LogP) is 2.25. The number of likely N-dealkylation sites (N-methyl/N-ethyl adjacent to an activating group) is 1. The van der Waals surface area contributed by atoms with Gasteiger partial charge in [0, 0.05) is 38.3 Å². The van der Waals surface area contributed by atoms with Gasteiger partial charge in [0.05, 0.1) is 6.54 Å². The predicted molar refractivity (Wildman–Crippen MR) is 113 cm³/mol. The van der Waals surface area contributed by atoms with Gasteiger partial charge < -0.3 is 16.0 Å². The van der Waals surface area contributed by atoms with E-state index in [4.69, 9.17) is 5.73 Å². The van der Waals surface area contributed by atoms with Gasteiger partial charge in [-0.05, 0) is 38.9 Å². The summed E-state index contributed by atoms with van der Waals surface area (Å²) < 4.78 is 0. The van der Waals surface area contributed by atoms with Crippen molar-refractivity contribution in [2.24, 2.45) is 10.7 Å². The summed E-state index contributed by atoms with van der Waals surface area (Å²) in [4.78, 5) is 9.30. The van der Waals surface area contributed by atoms with E-state index in [2.05, 4.69) is 72.2 Å². The van der Waals surface area contributed by atoms with E-state index in [1.165, 1.54) is 11.1 Å². The molecule has 5 nitrogen and oxygen atoms in total. The maximum atomic E-state index is 5.90. The Morgan fingerprint density at radius 3 is 2.17 bits per heavy atom. The first kappa shape index (κ1) is 21.2. The fraction of sp³-hybridized carbons (Fsp3) is 0.611. The first-order chi connectivity index (χ1) is 10.8. The van der Waals surface area contributed by atoms with Crippen LogP contribution in [-0.2, 0) is 13.1 Å². The van der Waals surface area contributed by atoms with E-state index in [1.807, 2.05) is 0 Å². The molecule has 0 amide bonds. The highest BCUT2D eigenvalue weighted by Gasteiger charge is 2.13. The van der Waals surface area contributed by atoms with E-state index >= 15 is 0 Å². The number of halogens is 1. The zero-order valence-electron chi connectivity index (χ0n) is 15.4. The summed E-state index contributed by atoms with van der Waals surface area (Å²) >= 11 is 0. The molecular weight excluding hydrogens is 413 g/mol. The van der Waals surface area contributed by atoms with Crippen LogP contribution in [0.2, 0.25) is 0 Å². The second-order valence-corrected chi connectivity index (χ2v) is 7.47. The zero-order chi connectivity index (χ0) is 16.9. The number of piperazine rings is 1. The number of nitrogens with two attached hydrogens (primary N) is 1. The minimum absolute atomic E-state index is 0. The van der Waals surface area contributed by atoms with Gasteiger partial charge in [-0.1, -0.05) is 24.3 Å². The summed E-state index contributed by atoms with van der Waals surface area (Å²) in [6, 6.07) is 8.71. The molecule has 1 aliphatic heterocycles. The Labute approximate surface area is 163 Å². The highest BCUT2D eigenvalue weighted by Crippen LogP contribution is 2.10. The Kier molecular flexibility index (Phi) is 8.45. The van der Waals surface area contributed by atoms with E-state index in [9.17, 15) is 0 Å². The monoisotopic (exact) mass is 445 g/mol. The Morgan fingerprint density at radius 2 is 1.62 bits per heavy atom. The van der Waals surface area contributed by atoms with Crippen molar-refractivity contribution in [2.45, 2.75) is 39.4 Å². The van der Waals surface area contributed by atoms with Crippen LogP contribution in [0.15, 0.2) is 29.3 Å². The number of nitrogens with zero attached hydrogens (tertiary/aromatic N) is 3. The van der Waals surface area contributed by atoms with Crippen molar-refractivity contribution >= 4 is 29.9 Å². The Bertz CT molecular complexity index is 513. The van der Waals surface area contributed by atoms with Gasteiger partial charge >= 0.3 is 0 Å². The molecule has 0 aliphatic carbocycles. The van der Waals surface area contributed by atoms with Crippen LogP contribution >= 0.6 is 24.0 Å². The van der Waals surface area contributed by atoms with Crippen LogP contribution in [0.5, 0.6) is 0 Å². The highest BCUT2D eigenvalue weighted by molar-refractivity contribution is 14.0. The van der Waals surface area contributed by atoms with Crippen LogP contribution in [0, 0.1) is 0 Å². The molecule has 1 aromatic rings. The van der Waals surface area contributed by atoms with Gasteiger partial charge in [-0.25, -0.2) is 4.99 Å². The van der Waals surface area contributed by atoms with Crippen LogP contribution in [0.25, 0.3) is 0 Å². The molecule has 3 N–H and O–H groups in total. The maximum Gasteiger partial charge on any atom is 0.189 e. The molecule has 1 heterocycles. The van der Waals surface area contributed by atoms with Crippen molar-refractivity contribution in [3.63, 3.8) is 0 Å². The van der Waals surface area contributed by atoms with Crippen molar-refractivity contribution in [3.8, 4) is 0 Å². The smallest absolute Gasteiger partial charge is 0.189 e. The molecule has 1 aliphatic rings. The minimum atomic E-state index is -0.0556. The number of nitrogens with one attached hydrogen (secondary N) is 1. The highest BCUT2D eigenvalue weighted by atomic mass is 127. The average Bonchev–Trinajstić information content (AvgIpc) is 2.47. The molecular formula is C18H32IN5. The largest absolute Gasteiger partial charge is 0.370 e. The van der Waals surface area contributed by atoms with E-state index in [0.717, 1.165) is 32.7 Å². The van der Waals surface area contributed by atoms with Gasteiger partial charge in [0.1, 0.15) is 0 Å². The van der Waals surface area contributed by atoms with Crippen molar-refractivity contribution in [1.82, 2.24) is 15.1 Å². The number of guanidine groups is 1. The van der Waals surface area contributed by atoms with Gasteiger partial charge in [0.15, 0.2) is 5.96 Å². The molecule has 1 aromatic carbocycles.